The summed E-state index contributed by atoms with van der Waals surface area (Å²) in [5, 5.41) is 0. The van der Waals surface area contributed by atoms with E-state index in [0.29, 0.717) is 0 Å². The van der Waals surface area contributed by atoms with Crippen LogP contribution in [0.5, 0.6) is 0 Å². The van der Waals surface area contributed by atoms with Crippen molar-refractivity contribution in [3.8, 4) is 0 Å². The van der Waals surface area contributed by atoms with Crippen molar-refractivity contribution in [2.45, 2.75) is 72.6 Å². The van der Waals surface area contributed by atoms with Crippen LogP contribution in [-0.4, -0.2) is 6.29 Å². The van der Waals surface area contributed by atoms with E-state index in [2.05, 4.69) is 20.8 Å². The fraction of sp³-hybridized carbons (Fsp3) is 0.923. The zero-order valence-corrected chi connectivity index (χ0v) is 10.5. The Morgan fingerprint density at radius 2 is 1.43 bits per heavy atom. The van der Waals surface area contributed by atoms with Gasteiger partial charge in [-0.05, 0) is 6.42 Å². The Labute approximate surface area is 90.3 Å². The minimum absolute atomic E-state index is 0.275. The van der Waals surface area contributed by atoms with Gasteiger partial charge in [-0.15, -0.1) is 0 Å². The van der Waals surface area contributed by atoms with Gasteiger partial charge in [0.05, 0.1) is 0 Å². The van der Waals surface area contributed by atoms with Crippen LogP contribution in [0.3, 0.4) is 0 Å². The number of rotatable bonds is 7. The van der Waals surface area contributed by atoms with Gasteiger partial charge < -0.3 is 4.79 Å². The molecule has 0 aromatic heterocycles. The van der Waals surface area contributed by atoms with Crippen LogP contribution in [0.2, 0.25) is 0 Å². The van der Waals surface area contributed by atoms with Gasteiger partial charge in [-0.2, -0.15) is 0 Å². The summed E-state index contributed by atoms with van der Waals surface area (Å²) in [6.45, 7) is 8.57. The van der Waals surface area contributed by atoms with E-state index in [1.165, 1.54) is 38.5 Å². The van der Waals surface area contributed by atoms with E-state index < -0.39 is 0 Å². The smallest absolute Gasteiger partial charge is 0.122 e. The predicted octanol–water partition coefficient (Wildman–Crippen LogP) is 4.60. The minimum atomic E-state index is 0.275. The van der Waals surface area contributed by atoms with Crippen LogP contribution >= 0.6 is 0 Å². The van der Waals surface area contributed by atoms with Crippen LogP contribution in [0.1, 0.15) is 72.6 Å². The van der Waals surface area contributed by atoms with Gasteiger partial charge in [0.2, 0.25) is 0 Å². The van der Waals surface area contributed by atoms with Crippen molar-refractivity contribution in [1.29, 1.82) is 0 Å². The van der Waals surface area contributed by atoms with Crippen molar-refractivity contribution in [3.05, 3.63) is 0 Å². The molecule has 0 aliphatic rings. The third kappa shape index (κ3) is 17.7. The van der Waals surface area contributed by atoms with Gasteiger partial charge >= 0.3 is 0 Å². The second-order valence-corrected chi connectivity index (χ2v) is 3.96. The third-order valence-electron chi connectivity index (χ3n) is 2.20. The number of hydrogen-bond acceptors (Lipinski definition) is 1. The molecule has 86 valence electrons. The molecule has 0 rings (SSSR count). The Kier molecular flexibility index (Phi) is 17.4. The Balaban J connectivity index is 0. The van der Waals surface area contributed by atoms with E-state index >= 15 is 0 Å². The molecule has 0 fully saturated rings. The fourth-order valence-electron chi connectivity index (χ4n) is 1.14. The molecule has 0 saturated carbocycles. The maximum atomic E-state index is 10.1. The van der Waals surface area contributed by atoms with Crippen LogP contribution < -0.4 is 0 Å². The summed E-state index contributed by atoms with van der Waals surface area (Å²) in [5.74, 6) is 0.275. The molecule has 14 heavy (non-hydrogen) atoms. The number of carbonyl (C=O) groups is 1. The van der Waals surface area contributed by atoms with Crippen LogP contribution in [0.15, 0.2) is 0 Å². The van der Waals surface area contributed by atoms with Gasteiger partial charge in [0.1, 0.15) is 6.29 Å². The maximum absolute atomic E-state index is 10.1. The predicted molar refractivity (Wildman–Crippen MR) is 64.6 cm³/mol. The Morgan fingerprint density at radius 3 is 1.71 bits per heavy atom. The third-order valence-corrected chi connectivity index (χ3v) is 2.20. The van der Waals surface area contributed by atoms with Gasteiger partial charge in [-0.1, -0.05) is 66.2 Å². The maximum Gasteiger partial charge on any atom is 0.122 e. The average Bonchev–Trinajstić information content (AvgIpc) is 2.20. The highest BCUT2D eigenvalue weighted by molar-refractivity contribution is 5.52. The topological polar surface area (TPSA) is 17.1 Å². The monoisotopic (exact) mass is 200 g/mol. The molecule has 1 unspecified atom stereocenters. The Hall–Kier alpha value is -0.330. The summed E-state index contributed by atoms with van der Waals surface area (Å²) < 4.78 is 0. The summed E-state index contributed by atoms with van der Waals surface area (Å²) in [4.78, 5) is 10.1. The zero-order chi connectivity index (χ0) is 11.2. The lowest BCUT2D eigenvalue weighted by Crippen LogP contribution is -1.94. The molecule has 0 aliphatic heterocycles. The molecule has 1 atom stereocenters. The molecule has 0 aromatic carbocycles. The molecule has 0 saturated heterocycles. The van der Waals surface area contributed by atoms with Gasteiger partial charge in [0, 0.05) is 5.92 Å². The van der Waals surface area contributed by atoms with E-state index in [1.807, 2.05) is 6.92 Å². The van der Waals surface area contributed by atoms with Crippen molar-refractivity contribution in [2.75, 3.05) is 0 Å². The SMILES string of the molecule is CCCCC.CCCCCC(C)C=O. The van der Waals surface area contributed by atoms with Gasteiger partial charge in [-0.3, -0.25) is 0 Å². The zero-order valence-electron chi connectivity index (χ0n) is 10.5. The standard InChI is InChI=1S/C8H16O.C5H12/c1-3-4-5-6-8(2)7-9;1-3-5-4-2/h7-8H,3-6H2,1-2H3;3-5H2,1-2H3. The number of carbonyl (C=O) groups excluding carboxylic acids is 1. The van der Waals surface area contributed by atoms with Crippen LogP contribution in [0, 0.1) is 5.92 Å². The molecular weight excluding hydrogens is 172 g/mol. The van der Waals surface area contributed by atoms with Crippen molar-refractivity contribution >= 4 is 6.29 Å². The van der Waals surface area contributed by atoms with Crippen LogP contribution in [-0.2, 0) is 4.79 Å². The minimum Gasteiger partial charge on any atom is -0.303 e. The molecule has 1 heteroatoms. The van der Waals surface area contributed by atoms with Gasteiger partial charge in [-0.25, -0.2) is 0 Å². The van der Waals surface area contributed by atoms with E-state index in [-0.39, 0.29) is 5.92 Å². The molecule has 0 N–H and O–H groups in total. The number of hydrogen-bond donors (Lipinski definition) is 0. The molecule has 0 aliphatic carbocycles. The highest BCUT2D eigenvalue weighted by Gasteiger charge is 1.96. The molecule has 0 amide bonds. The summed E-state index contributed by atoms with van der Waals surface area (Å²) in [6.07, 6.45) is 9.89. The second kappa shape index (κ2) is 15.2. The van der Waals surface area contributed by atoms with Gasteiger partial charge in [0.15, 0.2) is 0 Å². The summed E-state index contributed by atoms with van der Waals surface area (Å²) >= 11 is 0. The normalized spacial score (nSPS) is 11.4. The first-order valence-electron chi connectivity index (χ1n) is 6.18. The summed E-state index contributed by atoms with van der Waals surface area (Å²) in [5.41, 5.74) is 0. The lowest BCUT2D eigenvalue weighted by molar-refractivity contribution is -0.110. The van der Waals surface area contributed by atoms with Crippen molar-refractivity contribution < 1.29 is 4.79 Å². The molecule has 0 spiro atoms. The van der Waals surface area contributed by atoms with E-state index in [0.717, 1.165) is 12.7 Å². The fourth-order valence-corrected chi connectivity index (χ4v) is 1.14. The molecule has 0 heterocycles. The first kappa shape index (κ1) is 16.1. The summed E-state index contributed by atoms with van der Waals surface area (Å²) in [6, 6.07) is 0. The van der Waals surface area contributed by atoms with Crippen molar-refractivity contribution in [2.24, 2.45) is 5.92 Å². The Morgan fingerprint density at radius 1 is 0.929 bits per heavy atom. The van der Waals surface area contributed by atoms with Crippen LogP contribution in [0.4, 0.5) is 0 Å². The molecule has 1 nitrogen and oxygen atoms in total. The van der Waals surface area contributed by atoms with E-state index in [4.69, 9.17) is 0 Å². The van der Waals surface area contributed by atoms with Crippen LogP contribution in [0.25, 0.3) is 0 Å². The summed E-state index contributed by atoms with van der Waals surface area (Å²) in [7, 11) is 0. The van der Waals surface area contributed by atoms with E-state index in [1.54, 1.807) is 0 Å². The lowest BCUT2D eigenvalue weighted by atomic mass is 10.1. The first-order valence-corrected chi connectivity index (χ1v) is 6.18. The molecular formula is C13H28O. The Bertz CT molecular complexity index is 97.4. The molecule has 0 bridgehead atoms. The molecule has 0 radical (unpaired) electrons. The highest BCUT2D eigenvalue weighted by Crippen LogP contribution is 2.05. The largest absolute Gasteiger partial charge is 0.303 e. The van der Waals surface area contributed by atoms with Gasteiger partial charge in [0.25, 0.3) is 0 Å². The average molecular weight is 200 g/mol. The first-order chi connectivity index (χ1) is 6.72. The second-order valence-electron chi connectivity index (χ2n) is 3.96. The van der Waals surface area contributed by atoms with E-state index in [9.17, 15) is 4.79 Å². The molecule has 0 aromatic rings. The quantitative estimate of drug-likeness (QED) is 0.433. The lowest BCUT2D eigenvalue weighted by Gasteiger charge is -1.99. The number of aldehydes is 1. The van der Waals surface area contributed by atoms with Crippen molar-refractivity contribution in [3.63, 3.8) is 0 Å². The number of unbranched alkanes of at least 4 members (excludes halogenated alkanes) is 4. The highest BCUT2D eigenvalue weighted by atomic mass is 16.1. The van der Waals surface area contributed by atoms with Crippen molar-refractivity contribution in [1.82, 2.24) is 0 Å².